The fourth-order valence-electron chi connectivity index (χ4n) is 1.65. The van der Waals surface area contributed by atoms with E-state index in [9.17, 15) is 10.2 Å². The topological polar surface area (TPSA) is 71.0 Å². The second-order valence-corrected chi connectivity index (χ2v) is 5.38. The lowest BCUT2D eigenvalue weighted by atomic mass is 10.0. The standard InChI is InChI=1S/C15H25NO4/c1-11(2)20-13-6-5-12(7-14(13)19-4)8-16-15(3,9-17)10-18/h5-7,11,16-18H,8-10H2,1-4H3. The molecule has 0 atom stereocenters. The van der Waals surface area contributed by atoms with E-state index in [1.165, 1.54) is 0 Å². The Balaban J connectivity index is 2.78. The van der Waals surface area contributed by atoms with E-state index in [1.807, 2.05) is 32.0 Å². The number of hydrogen-bond acceptors (Lipinski definition) is 5. The lowest BCUT2D eigenvalue weighted by Crippen LogP contribution is -2.48. The highest BCUT2D eigenvalue weighted by Crippen LogP contribution is 2.29. The highest BCUT2D eigenvalue weighted by atomic mass is 16.5. The molecule has 0 unspecified atom stereocenters. The summed E-state index contributed by atoms with van der Waals surface area (Å²) in [5, 5.41) is 21.6. The fourth-order valence-corrected chi connectivity index (χ4v) is 1.65. The van der Waals surface area contributed by atoms with Crippen LogP contribution in [0.15, 0.2) is 18.2 Å². The molecule has 20 heavy (non-hydrogen) atoms. The molecule has 0 saturated carbocycles. The maximum atomic E-state index is 9.24. The van der Waals surface area contributed by atoms with Crippen LogP contribution in [-0.2, 0) is 6.54 Å². The van der Waals surface area contributed by atoms with Crippen molar-refractivity contribution in [3.05, 3.63) is 23.8 Å². The third-order valence-corrected chi connectivity index (χ3v) is 3.01. The molecule has 3 N–H and O–H groups in total. The molecule has 0 aromatic heterocycles. The zero-order valence-corrected chi connectivity index (χ0v) is 12.6. The van der Waals surface area contributed by atoms with Gasteiger partial charge in [0, 0.05) is 6.54 Å². The molecule has 0 aliphatic rings. The molecule has 1 rings (SSSR count). The van der Waals surface area contributed by atoms with Crippen LogP contribution in [-0.4, -0.2) is 42.2 Å². The number of aliphatic hydroxyl groups excluding tert-OH is 2. The van der Waals surface area contributed by atoms with Crippen LogP contribution < -0.4 is 14.8 Å². The Hall–Kier alpha value is -1.30. The summed E-state index contributed by atoms with van der Waals surface area (Å²) in [4.78, 5) is 0. The van der Waals surface area contributed by atoms with E-state index < -0.39 is 5.54 Å². The minimum Gasteiger partial charge on any atom is -0.493 e. The summed E-state index contributed by atoms with van der Waals surface area (Å²) in [5.41, 5.74) is 0.298. The Labute approximate surface area is 120 Å². The van der Waals surface area contributed by atoms with E-state index in [4.69, 9.17) is 9.47 Å². The molecule has 0 aliphatic heterocycles. The molecule has 1 aromatic rings. The lowest BCUT2D eigenvalue weighted by Gasteiger charge is -2.26. The first kappa shape index (κ1) is 16.8. The number of benzene rings is 1. The van der Waals surface area contributed by atoms with Crippen molar-refractivity contribution in [1.29, 1.82) is 0 Å². The van der Waals surface area contributed by atoms with Gasteiger partial charge in [-0.25, -0.2) is 0 Å². The van der Waals surface area contributed by atoms with Gasteiger partial charge in [-0.3, -0.25) is 0 Å². The molecular formula is C15H25NO4. The molecule has 1 aromatic carbocycles. The van der Waals surface area contributed by atoms with Crippen molar-refractivity contribution in [2.45, 2.75) is 39.0 Å². The summed E-state index contributed by atoms with van der Waals surface area (Å²) >= 11 is 0. The van der Waals surface area contributed by atoms with E-state index in [1.54, 1.807) is 14.0 Å². The molecule has 0 saturated heterocycles. The van der Waals surface area contributed by atoms with Gasteiger partial charge in [0.1, 0.15) is 0 Å². The van der Waals surface area contributed by atoms with Gasteiger partial charge in [0.25, 0.3) is 0 Å². The summed E-state index contributed by atoms with van der Waals surface area (Å²) in [6.45, 7) is 5.95. The molecule has 0 fully saturated rings. The highest BCUT2D eigenvalue weighted by molar-refractivity contribution is 5.43. The predicted octanol–water partition coefficient (Wildman–Crippen LogP) is 1.32. The van der Waals surface area contributed by atoms with E-state index in [0.717, 1.165) is 5.56 Å². The molecule has 0 aliphatic carbocycles. The summed E-state index contributed by atoms with van der Waals surface area (Å²) in [6.07, 6.45) is 0.0833. The fraction of sp³-hybridized carbons (Fsp3) is 0.600. The van der Waals surface area contributed by atoms with Gasteiger partial charge in [0.05, 0.1) is 32.0 Å². The largest absolute Gasteiger partial charge is 0.493 e. The predicted molar refractivity (Wildman–Crippen MR) is 78.2 cm³/mol. The SMILES string of the molecule is COc1cc(CNC(C)(CO)CO)ccc1OC(C)C. The highest BCUT2D eigenvalue weighted by Gasteiger charge is 2.21. The van der Waals surface area contributed by atoms with Gasteiger partial charge in [-0.15, -0.1) is 0 Å². The van der Waals surface area contributed by atoms with Crippen LogP contribution in [0.4, 0.5) is 0 Å². The van der Waals surface area contributed by atoms with Crippen LogP contribution in [0, 0.1) is 0 Å². The Morgan fingerprint density at radius 1 is 1.20 bits per heavy atom. The second kappa shape index (κ2) is 7.47. The zero-order chi connectivity index (χ0) is 15.2. The number of methoxy groups -OCH3 is 1. The maximum Gasteiger partial charge on any atom is 0.161 e. The van der Waals surface area contributed by atoms with Crippen LogP contribution in [0.5, 0.6) is 11.5 Å². The average molecular weight is 283 g/mol. The third-order valence-electron chi connectivity index (χ3n) is 3.01. The molecular weight excluding hydrogens is 258 g/mol. The first-order chi connectivity index (χ1) is 9.44. The van der Waals surface area contributed by atoms with Crippen LogP contribution in [0.25, 0.3) is 0 Å². The molecule has 0 bridgehead atoms. The van der Waals surface area contributed by atoms with Crippen molar-refractivity contribution >= 4 is 0 Å². The van der Waals surface area contributed by atoms with Crippen LogP contribution in [0.1, 0.15) is 26.3 Å². The Bertz CT molecular complexity index is 416. The normalized spacial score (nSPS) is 11.8. The van der Waals surface area contributed by atoms with Gasteiger partial charge in [-0.05, 0) is 38.5 Å². The monoisotopic (exact) mass is 283 g/mol. The first-order valence-electron chi connectivity index (χ1n) is 6.74. The van der Waals surface area contributed by atoms with Crippen LogP contribution >= 0.6 is 0 Å². The number of aliphatic hydroxyl groups is 2. The van der Waals surface area contributed by atoms with E-state index in [-0.39, 0.29) is 19.3 Å². The van der Waals surface area contributed by atoms with Gasteiger partial charge in [0.2, 0.25) is 0 Å². The molecule has 5 nitrogen and oxygen atoms in total. The van der Waals surface area contributed by atoms with E-state index in [2.05, 4.69) is 5.32 Å². The Kier molecular flexibility index (Phi) is 6.26. The number of rotatable bonds is 8. The Morgan fingerprint density at radius 2 is 1.85 bits per heavy atom. The lowest BCUT2D eigenvalue weighted by molar-refractivity contribution is 0.103. The number of hydrogen-bond donors (Lipinski definition) is 3. The average Bonchev–Trinajstić information content (AvgIpc) is 2.45. The first-order valence-corrected chi connectivity index (χ1v) is 6.74. The van der Waals surface area contributed by atoms with Crippen LogP contribution in [0.2, 0.25) is 0 Å². The van der Waals surface area contributed by atoms with Crippen molar-refractivity contribution < 1.29 is 19.7 Å². The summed E-state index contributed by atoms with van der Waals surface area (Å²) < 4.78 is 11.0. The molecule has 114 valence electrons. The van der Waals surface area contributed by atoms with E-state index >= 15 is 0 Å². The maximum absolute atomic E-state index is 9.24. The summed E-state index contributed by atoms with van der Waals surface area (Å²) in [7, 11) is 1.60. The van der Waals surface area contributed by atoms with Crippen LogP contribution in [0.3, 0.4) is 0 Å². The zero-order valence-electron chi connectivity index (χ0n) is 12.6. The summed E-state index contributed by atoms with van der Waals surface area (Å²) in [6, 6.07) is 5.69. The quantitative estimate of drug-likeness (QED) is 0.671. The molecule has 0 radical (unpaired) electrons. The van der Waals surface area contributed by atoms with Gasteiger partial charge >= 0.3 is 0 Å². The molecule has 5 heteroatoms. The third kappa shape index (κ3) is 4.67. The Morgan fingerprint density at radius 3 is 2.35 bits per heavy atom. The smallest absolute Gasteiger partial charge is 0.161 e. The minimum atomic E-state index is -0.694. The second-order valence-electron chi connectivity index (χ2n) is 5.38. The van der Waals surface area contributed by atoms with Gasteiger partial charge in [0.15, 0.2) is 11.5 Å². The molecule has 0 amide bonds. The van der Waals surface area contributed by atoms with Gasteiger partial charge in [-0.2, -0.15) is 0 Å². The summed E-state index contributed by atoms with van der Waals surface area (Å²) in [5.74, 6) is 1.38. The molecule has 0 spiro atoms. The van der Waals surface area contributed by atoms with Gasteiger partial charge in [-0.1, -0.05) is 6.07 Å². The van der Waals surface area contributed by atoms with Crippen molar-refractivity contribution in [2.24, 2.45) is 0 Å². The van der Waals surface area contributed by atoms with E-state index in [0.29, 0.717) is 18.0 Å². The number of nitrogens with one attached hydrogen (secondary N) is 1. The van der Waals surface area contributed by atoms with Crippen molar-refractivity contribution in [3.8, 4) is 11.5 Å². The van der Waals surface area contributed by atoms with Crippen molar-refractivity contribution in [1.82, 2.24) is 5.32 Å². The molecule has 0 heterocycles. The van der Waals surface area contributed by atoms with Crippen molar-refractivity contribution in [3.63, 3.8) is 0 Å². The van der Waals surface area contributed by atoms with Gasteiger partial charge < -0.3 is 25.0 Å². The minimum absolute atomic E-state index is 0.0833. The number of ether oxygens (including phenoxy) is 2. The van der Waals surface area contributed by atoms with Crippen molar-refractivity contribution in [2.75, 3.05) is 20.3 Å².